The molecule has 2 atom stereocenters. The Kier molecular flexibility index (Phi) is 5.16. The first kappa shape index (κ1) is 17.2. The highest BCUT2D eigenvalue weighted by molar-refractivity contribution is 5.88. The molecule has 2 heterocycles. The normalized spacial score (nSPS) is 17.4. The summed E-state index contributed by atoms with van der Waals surface area (Å²) in [6.45, 7) is 0.982. The van der Waals surface area contributed by atoms with Gasteiger partial charge in [-0.3, -0.25) is 0 Å². The highest BCUT2D eigenvalue weighted by atomic mass is 16.5. The Morgan fingerprint density at radius 1 is 1.40 bits per heavy atom. The van der Waals surface area contributed by atoms with Crippen molar-refractivity contribution >= 4 is 11.8 Å². The Hall–Kier alpha value is -2.64. The van der Waals surface area contributed by atoms with E-state index in [0.717, 1.165) is 24.2 Å². The Balaban J connectivity index is 1.50. The Labute approximate surface area is 145 Å². The molecule has 0 spiro atoms. The molecule has 0 saturated carbocycles. The number of nitrogens with zero attached hydrogens (tertiary/aromatic N) is 1. The van der Waals surface area contributed by atoms with Crippen molar-refractivity contribution in [2.45, 2.75) is 25.0 Å². The van der Waals surface area contributed by atoms with Crippen LogP contribution in [0.15, 0.2) is 36.5 Å². The van der Waals surface area contributed by atoms with Gasteiger partial charge in [-0.2, -0.15) is 0 Å². The number of aliphatic hydroxyl groups excluding tert-OH is 1. The van der Waals surface area contributed by atoms with Crippen LogP contribution in [0.4, 0.5) is 5.82 Å². The van der Waals surface area contributed by atoms with Gasteiger partial charge in [-0.15, -0.1) is 0 Å². The molecule has 132 valence electrons. The summed E-state index contributed by atoms with van der Waals surface area (Å²) in [6, 6.07) is 8.33. The van der Waals surface area contributed by atoms with Crippen LogP contribution in [-0.2, 0) is 6.42 Å². The largest absolute Gasteiger partial charge is 0.489 e. The zero-order chi connectivity index (χ0) is 17.8. The molecule has 1 aliphatic rings. The van der Waals surface area contributed by atoms with Gasteiger partial charge in [0.25, 0.3) is 0 Å². The minimum atomic E-state index is -0.933. The minimum Gasteiger partial charge on any atom is -0.489 e. The number of rotatable bonds is 6. The van der Waals surface area contributed by atoms with Gasteiger partial charge in [0, 0.05) is 24.8 Å². The lowest BCUT2D eigenvalue weighted by Gasteiger charge is -2.27. The molecular formula is C18H21N3O4. The van der Waals surface area contributed by atoms with Crippen molar-refractivity contribution < 1.29 is 19.7 Å². The van der Waals surface area contributed by atoms with Gasteiger partial charge < -0.3 is 26.0 Å². The van der Waals surface area contributed by atoms with Gasteiger partial charge in [0.05, 0.1) is 11.7 Å². The fourth-order valence-electron chi connectivity index (χ4n) is 2.83. The average Bonchev–Trinajstić information content (AvgIpc) is 2.61. The number of fused-ring (bicyclic) bond motifs is 1. The van der Waals surface area contributed by atoms with Gasteiger partial charge in [-0.1, -0.05) is 6.07 Å². The average molecular weight is 343 g/mol. The minimum absolute atomic E-state index is 0.0140. The van der Waals surface area contributed by atoms with E-state index < -0.39 is 12.1 Å². The monoisotopic (exact) mass is 343 g/mol. The number of benzene rings is 1. The van der Waals surface area contributed by atoms with Crippen molar-refractivity contribution in [3.05, 3.63) is 53.2 Å². The number of nitrogens with one attached hydrogen (secondary N) is 1. The number of carbonyl (C=O) groups is 1. The number of aromatic carboxylic acids is 1. The molecular weight excluding hydrogens is 322 g/mol. The highest BCUT2D eigenvalue weighted by Gasteiger charge is 2.21. The molecule has 1 aliphatic heterocycles. The van der Waals surface area contributed by atoms with Crippen LogP contribution >= 0.6 is 0 Å². The second-order valence-corrected chi connectivity index (χ2v) is 6.10. The van der Waals surface area contributed by atoms with Gasteiger partial charge in [0.2, 0.25) is 0 Å². The fraction of sp³-hybridized carbons (Fsp3) is 0.333. The molecule has 3 rings (SSSR count). The molecule has 0 fully saturated rings. The number of hydrogen-bond donors (Lipinski definition) is 4. The number of pyridine rings is 1. The summed E-state index contributed by atoms with van der Waals surface area (Å²) in [4.78, 5) is 15.0. The molecule has 0 bridgehead atoms. The van der Waals surface area contributed by atoms with Crippen LogP contribution in [0.2, 0.25) is 0 Å². The molecule has 5 N–H and O–H groups in total. The third-order valence-electron chi connectivity index (χ3n) is 4.24. The van der Waals surface area contributed by atoms with Crippen molar-refractivity contribution in [3.8, 4) is 5.75 Å². The van der Waals surface area contributed by atoms with Crippen molar-refractivity contribution in [2.75, 3.05) is 18.8 Å². The topological polar surface area (TPSA) is 118 Å². The van der Waals surface area contributed by atoms with Crippen LogP contribution in [0.5, 0.6) is 5.75 Å². The molecule has 1 aromatic heterocycles. The smallest absolute Gasteiger partial charge is 0.335 e. The number of aliphatic hydroxyl groups is 1. The number of aromatic nitrogens is 1. The first-order valence-corrected chi connectivity index (χ1v) is 8.16. The Bertz CT molecular complexity index is 748. The van der Waals surface area contributed by atoms with E-state index in [2.05, 4.69) is 10.3 Å². The molecule has 7 heteroatoms. The summed E-state index contributed by atoms with van der Waals surface area (Å²) in [5.41, 5.74) is 7.44. The Morgan fingerprint density at radius 2 is 2.24 bits per heavy atom. The second kappa shape index (κ2) is 7.50. The van der Waals surface area contributed by atoms with Gasteiger partial charge in [-0.05, 0) is 42.7 Å². The van der Waals surface area contributed by atoms with E-state index >= 15 is 0 Å². The van der Waals surface area contributed by atoms with E-state index in [1.165, 1.54) is 0 Å². The summed E-state index contributed by atoms with van der Waals surface area (Å²) in [6.07, 6.45) is 2.45. The molecule has 0 saturated heterocycles. The summed E-state index contributed by atoms with van der Waals surface area (Å²) >= 11 is 0. The van der Waals surface area contributed by atoms with Crippen LogP contribution in [0.25, 0.3) is 0 Å². The SMILES string of the molecule is Nc1ccc(C(O)CNCC2CCc3cc(C(=O)O)ccc3O2)cn1. The number of ether oxygens (including phenoxy) is 1. The predicted octanol–water partition coefficient (Wildman–Crippen LogP) is 1.38. The first-order chi connectivity index (χ1) is 12.0. The van der Waals surface area contributed by atoms with Crippen molar-refractivity contribution in [3.63, 3.8) is 0 Å². The van der Waals surface area contributed by atoms with Crippen LogP contribution < -0.4 is 15.8 Å². The summed E-state index contributed by atoms with van der Waals surface area (Å²) in [5, 5.41) is 22.4. The van der Waals surface area contributed by atoms with E-state index in [-0.39, 0.29) is 11.7 Å². The molecule has 0 aliphatic carbocycles. The third kappa shape index (κ3) is 4.26. The predicted molar refractivity (Wildman–Crippen MR) is 92.6 cm³/mol. The van der Waals surface area contributed by atoms with Gasteiger partial charge in [0.1, 0.15) is 17.7 Å². The maximum atomic E-state index is 11.0. The lowest BCUT2D eigenvalue weighted by Crippen LogP contribution is -2.36. The molecule has 2 unspecified atom stereocenters. The molecule has 1 aromatic carbocycles. The van der Waals surface area contributed by atoms with Gasteiger partial charge in [-0.25, -0.2) is 9.78 Å². The zero-order valence-corrected chi connectivity index (χ0v) is 13.7. The quantitative estimate of drug-likeness (QED) is 0.626. The maximum absolute atomic E-state index is 11.0. The van der Waals surface area contributed by atoms with E-state index in [9.17, 15) is 9.90 Å². The van der Waals surface area contributed by atoms with E-state index in [1.807, 2.05) is 0 Å². The van der Waals surface area contributed by atoms with Crippen molar-refractivity contribution in [2.24, 2.45) is 0 Å². The van der Waals surface area contributed by atoms with Crippen LogP contribution in [0.3, 0.4) is 0 Å². The summed E-state index contributed by atoms with van der Waals surface area (Å²) < 4.78 is 5.90. The number of carboxylic acids is 1. The number of hydrogen-bond acceptors (Lipinski definition) is 6. The van der Waals surface area contributed by atoms with Crippen molar-refractivity contribution in [1.82, 2.24) is 10.3 Å². The zero-order valence-electron chi connectivity index (χ0n) is 13.7. The van der Waals surface area contributed by atoms with Gasteiger partial charge in [0.15, 0.2) is 0 Å². The van der Waals surface area contributed by atoms with Gasteiger partial charge >= 0.3 is 5.97 Å². The van der Waals surface area contributed by atoms with E-state index in [0.29, 0.717) is 24.5 Å². The number of nitrogen functional groups attached to an aromatic ring is 1. The Morgan fingerprint density at radius 3 is 2.96 bits per heavy atom. The van der Waals surface area contributed by atoms with Crippen LogP contribution in [0.1, 0.15) is 34.0 Å². The summed E-state index contributed by atoms with van der Waals surface area (Å²) in [5.74, 6) is 0.216. The number of aryl methyl sites for hydroxylation is 1. The van der Waals surface area contributed by atoms with Crippen LogP contribution in [-0.4, -0.2) is 40.4 Å². The lowest BCUT2D eigenvalue weighted by atomic mass is 10.00. The second-order valence-electron chi connectivity index (χ2n) is 6.10. The highest BCUT2D eigenvalue weighted by Crippen LogP contribution is 2.28. The molecule has 25 heavy (non-hydrogen) atoms. The third-order valence-corrected chi connectivity index (χ3v) is 4.24. The lowest BCUT2D eigenvalue weighted by molar-refractivity contribution is 0.0696. The maximum Gasteiger partial charge on any atom is 0.335 e. The first-order valence-electron chi connectivity index (χ1n) is 8.16. The number of anilines is 1. The molecule has 2 aromatic rings. The molecule has 7 nitrogen and oxygen atoms in total. The number of carboxylic acid groups (broad SMARTS) is 1. The summed E-state index contributed by atoms with van der Waals surface area (Å²) in [7, 11) is 0. The fourth-order valence-corrected chi connectivity index (χ4v) is 2.83. The van der Waals surface area contributed by atoms with E-state index in [4.69, 9.17) is 15.6 Å². The van der Waals surface area contributed by atoms with Crippen LogP contribution in [0, 0.1) is 0 Å². The number of nitrogens with two attached hydrogens (primary N) is 1. The standard InChI is InChI=1S/C18H21N3O4/c19-17-6-3-13(8-21-17)15(22)10-20-9-14-4-1-11-7-12(18(23)24)2-5-16(11)25-14/h2-3,5-8,14-15,20,22H,1,4,9-10H2,(H2,19,21)(H,23,24). The van der Waals surface area contributed by atoms with E-state index in [1.54, 1.807) is 36.5 Å². The molecule has 0 radical (unpaired) electrons. The van der Waals surface area contributed by atoms with Crippen molar-refractivity contribution in [1.29, 1.82) is 0 Å². The molecule has 0 amide bonds.